The third kappa shape index (κ3) is 8.94. The summed E-state index contributed by atoms with van der Waals surface area (Å²) in [6.45, 7) is 3.08. The van der Waals surface area contributed by atoms with Crippen LogP contribution in [0.2, 0.25) is 0 Å². The van der Waals surface area contributed by atoms with Crippen LogP contribution in [-0.2, 0) is 30.2 Å². The number of nitriles is 1. The van der Waals surface area contributed by atoms with Crippen molar-refractivity contribution in [2.24, 2.45) is 11.7 Å². The van der Waals surface area contributed by atoms with Crippen LogP contribution in [-0.4, -0.2) is 75.2 Å². The van der Waals surface area contributed by atoms with E-state index in [0.29, 0.717) is 19.4 Å². The predicted octanol–water partition coefficient (Wildman–Crippen LogP) is 0.789. The van der Waals surface area contributed by atoms with Crippen LogP contribution in [0.1, 0.15) is 45.1 Å². The van der Waals surface area contributed by atoms with E-state index >= 15 is 0 Å². The molecule has 1 aromatic carbocycles. The van der Waals surface area contributed by atoms with Gasteiger partial charge in [0.1, 0.15) is 17.9 Å². The highest BCUT2D eigenvalue weighted by Crippen LogP contribution is 2.47. The molecule has 1 aliphatic rings. The van der Waals surface area contributed by atoms with Crippen LogP contribution >= 0.6 is 7.37 Å². The Hall–Kier alpha value is -3.26. The molecule has 38 heavy (non-hydrogen) atoms. The number of carboxylic acid groups (broad SMARTS) is 1. The number of nitrogens with one attached hydrogen (secondary N) is 2. The summed E-state index contributed by atoms with van der Waals surface area (Å²) in [6.07, 6.45) is 0.724. The van der Waals surface area contributed by atoms with Crippen LogP contribution in [0.25, 0.3) is 0 Å². The number of likely N-dealkylation sites (tertiary alicyclic amines) is 1. The second-order valence-corrected chi connectivity index (χ2v) is 12.3. The molecule has 1 saturated heterocycles. The average molecular weight is 550 g/mol. The van der Waals surface area contributed by atoms with Gasteiger partial charge in [-0.3, -0.25) is 23.7 Å². The molecule has 0 aromatic heterocycles. The first-order chi connectivity index (χ1) is 17.9. The van der Waals surface area contributed by atoms with Gasteiger partial charge < -0.3 is 31.3 Å². The maximum absolute atomic E-state index is 13.2. The molecule has 1 aliphatic heterocycles. The Morgan fingerprint density at radius 3 is 2.47 bits per heavy atom. The molecule has 6 atom stereocenters. The third-order valence-corrected chi connectivity index (χ3v) is 8.87. The van der Waals surface area contributed by atoms with Gasteiger partial charge in [0.2, 0.25) is 25.1 Å². The first-order valence-corrected chi connectivity index (χ1v) is 14.4. The third-order valence-electron chi connectivity index (χ3n) is 6.57. The smallest absolute Gasteiger partial charge is 0.325 e. The van der Waals surface area contributed by atoms with Crippen LogP contribution in [0.4, 0.5) is 0 Å². The number of aliphatic carboxylic acids is 1. The van der Waals surface area contributed by atoms with E-state index in [-0.39, 0.29) is 19.3 Å². The van der Waals surface area contributed by atoms with Gasteiger partial charge in [-0.25, -0.2) is 0 Å². The minimum absolute atomic E-state index is 0.00607. The average Bonchev–Trinajstić information content (AvgIpc) is 3.35. The predicted molar refractivity (Wildman–Crippen MR) is 139 cm³/mol. The Labute approximate surface area is 222 Å². The van der Waals surface area contributed by atoms with Gasteiger partial charge >= 0.3 is 5.97 Å². The van der Waals surface area contributed by atoms with Gasteiger partial charge in [-0.05, 0) is 45.1 Å². The standard InChI is InChI=1S/C25H36N5O7P/c1-16(25(34)35)28-23(32)19(13-18-7-4-3-5-8-18)15-38(36,37)17(2)29-22(31)11-10-21(27)24(33)30-12-6-9-20(30)14-26/h3-5,7-8,16-17,19-21H,6,9-13,15,27H2,1-2H3,(H,28,32)(H,29,31)(H,34,35)(H,36,37)/t16-,17+,19+,20?,21-/m0/s1. The highest BCUT2D eigenvalue weighted by atomic mass is 31.2. The van der Waals surface area contributed by atoms with Gasteiger partial charge in [0.05, 0.1) is 18.0 Å². The van der Waals surface area contributed by atoms with Crippen LogP contribution in [0.5, 0.6) is 0 Å². The highest BCUT2D eigenvalue weighted by Gasteiger charge is 2.36. The van der Waals surface area contributed by atoms with Crippen molar-refractivity contribution in [2.45, 2.75) is 69.9 Å². The fourth-order valence-electron chi connectivity index (χ4n) is 4.20. The lowest BCUT2D eigenvalue weighted by molar-refractivity contribution is -0.141. The van der Waals surface area contributed by atoms with Gasteiger partial charge in [-0.1, -0.05) is 30.3 Å². The van der Waals surface area contributed by atoms with Crippen LogP contribution < -0.4 is 16.4 Å². The van der Waals surface area contributed by atoms with Crippen molar-refractivity contribution in [1.82, 2.24) is 15.5 Å². The Morgan fingerprint density at radius 2 is 1.87 bits per heavy atom. The van der Waals surface area contributed by atoms with Crippen molar-refractivity contribution in [3.63, 3.8) is 0 Å². The molecular weight excluding hydrogens is 513 g/mol. The lowest BCUT2D eigenvalue weighted by Crippen LogP contribution is -2.46. The van der Waals surface area contributed by atoms with Crippen molar-refractivity contribution in [2.75, 3.05) is 12.7 Å². The first-order valence-electron chi connectivity index (χ1n) is 12.5. The molecule has 0 saturated carbocycles. The van der Waals surface area contributed by atoms with E-state index in [2.05, 4.69) is 16.7 Å². The number of benzene rings is 1. The van der Waals surface area contributed by atoms with E-state index < -0.39 is 67.0 Å². The van der Waals surface area contributed by atoms with Crippen molar-refractivity contribution in [3.05, 3.63) is 35.9 Å². The Kier molecular flexibility index (Phi) is 11.4. The second kappa shape index (κ2) is 14.0. The number of hydrogen-bond donors (Lipinski definition) is 5. The summed E-state index contributed by atoms with van der Waals surface area (Å²) in [4.78, 5) is 61.2. The number of amides is 3. The minimum Gasteiger partial charge on any atom is -0.480 e. The second-order valence-electron chi connectivity index (χ2n) is 9.60. The molecule has 2 unspecified atom stereocenters. The molecule has 0 aliphatic carbocycles. The van der Waals surface area contributed by atoms with E-state index in [0.717, 1.165) is 5.56 Å². The van der Waals surface area contributed by atoms with Gasteiger partial charge in [0, 0.05) is 19.1 Å². The zero-order chi connectivity index (χ0) is 28.5. The molecule has 1 aromatic rings. The van der Waals surface area contributed by atoms with E-state index in [4.69, 9.17) is 16.1 Å². The summed E-state index contributed by atoms with van der Waals surface area (Å²) in [5.41, 5.74) is 6.67. The topological polar surface area (TPSA) is 203 Å². The van der Waals surface area contributed by atoms with E-state index in [1.54, 1.807) is 30.3 Å². The van der Waals surface area contributed by atoms with Crippen LogP contribution in [0.3, 0.4) is 0 Å². The van der Waals surface area contributed by atoms with Crippen molar-refractivity contribution in [3.8, 4) is 6.07 Å². The molecule has 1 heterocycles. The number of carbonyl (C=O) groups is 4. The monoisotopic (exact) mass is 549 g/mol. The maximum atomic E-state index is 13.2. The molecular formula is C25H36N5O7P. The lowest BCUT2D eigenvalue weighted by Gasteiger charge is -2.26. The van der Waals surface area contributed by atoms with Crippen molar-refractivity contribution >= 4 is 31.1 Å². The zero-order valence-corrected chi connectivity index (χ0v) is 22.5. The molecule has 2 rings (SSSR count). The molecule has 208 valence electrons. The van der Waals surface area contributed by atoms with E-state index in [1.165, 1.54) is 18.7 Å². The summed E-state index contributed by atoms with van der Waals surface area (Å²) in [5, 5.41) is 23.1. The molecule has 13 heteroatoms. The Morgan fingerprint density at radius 1 is 1.21 bits per heavy atom. The summed E-state index contributed by atoms with van der Waals surface area (Å²) in [5.74, 6) is -5.14. The number of nitrogens with zero attached hydrogens (tertiary/aromatic N) is 2. The van der Waals surface area contributed by atoms with Gasteiger partial charge in [-0.2, -0.15) is 5.26 Å². The lowest BCUT2D eigenvalue weighted by atomic mass is 10.00. The normalized spacial score (nSPS) is 19.8. The van der Waals surface area contributed by atoms with Crippen molar-refractivity contribution < 1.29 is 33.7 Å². The molecule has 12 nitrogen and oxygen atoms in total. The summed E-state index contributed by atoms with van der Waals surface area (Å²) < 4.78 is 13.2. The van der Waals surface area contributed by atoms with E-state index in [9.17, 15) is 28.6 Å². The number of nitrogens with two attached hydrogens (primary N) is 1. The summed E-state index contributed by atoms with van der Waals surface area (Å²) in [6, 6.07) is 8.16. The van der Waals surface area contributed by atoms with Crippen LogP contribution in [0.15, 0.2) is 30.3 Å². The summed E-state index contributed by atoms with van der Waals surface area (Å²) in [7, 11) is -4.13. The SMILES string of the molecule is C[C@H](NC(=O)[C@H](Cc1ccccc1)CP(=O)(O)[C@H](C)NC(=O)CC[C@H](N)C(=O)N1CCCC1C#N)C(=O)O. The largest absolute Gasteiger partial charge is 0.480 e. The number of rotatable bonds is 13. The molecule has 1 fully saturated rings. The molecule has 6 N–H and O–H groups in total. The Balaban J connectivity index is 1.99. The van der Waals surface area contributed by atoms with Crippen LogP contribution in [0, 0.1) is 17.2 Å². The summed E-state index contributed by atoms with van der Waals surface area (Å²) >= 11 is 0. The van der Waals surface area contributed by atoms with Gasteiger partial charge in [0.25, 0.3) is 0 Å². The number of hydrogen-bond acceptors (Lipinski definition) is 7. The first kappa shape index (κ1) is 31.0. The number of carboxylic acids is 1. The minimum atomic E-state index is -4.13. The zero-order valence-electron chi connectivity index (χ0n) is 21.6. The highest BCUT2D eigenvalue weighted by molar-refractivity contribution is 7.58. The van der Waals surface area contributed by atoms with E-state index in [1.807, 2.05) is 0 Å². The fraction of sp³-hybridized carbons (Fsp3) is 0.560. The Bertz CT molecular complexity index is 1090. The maximum Gasteiger partial charge on any atom is 0.325 e. The molecule has 0 bridgehead atoms. The molecule has 3 amide bonds. The fourth-order valence-corrected chi connectivity index (χ4v) is 5.79. The van der Waals surface area contributed by atoms with Gasteiger partial charge in [0.15, 0.2) is 0 Å². The molecule has 0 spiro atoms. The van der Waals surface area contributed by atoms with Gasteiger partial charge in [-0.15, -0.1) is 0 Å². The van der Waals surface area contributed by atoms with Crippen molar-refractivity contribution in [1.29, 1.82) is 5.26 Å². The quantitative estimate of drug-likeness (QED) is 0.220. The molecule has 0 radical (unpaired) electrons. The number of carbonyl (C=O) groups excluding carboxylic acids is 3.